The fourth-order valence-corrected chi connectivity index (χ4v) is 1.96. The highest BCUT2D eigenvalue weighted by Crippen LogP contribution is 2.47. The molecule has 1 aliphatic carbocycles. The minimum Gasteiger partial charge on any atom is -0.465 e. The van der Waals surface area contributed by atoms with Crippen molar-refractivity contribution in [2.24, 2.45) is 11.1 Å². The van der Waals surface area contributed by atoms with Gasteiger partial charge in [0.2, 0.25) is 0 Å². The van der Waals surface area contributed by atoms with Crippen LogP contribution in [0.2, 0.25) is 0 Å². The van der Waals surface area contributed by atoms with Gasteiger partial charge in [-0.15, -0.1) is 0 Å². The van der Waals surface area contributed by atoms with Crippen LogP contribution in [-0.2, 0) is 0 Å². The van der Waals surface area contributed by atoms with Crippen molar-refractivity contribution >= 4 is 6.09 Å². The van der Waals surface area contributed by atoms with Gasteiger partial charge >= 0.3 is 6.09 Å². The summed E-state index contributed by atoms with van der Waals surface area (Å²) in [6, 6.07) is 0.248. The molecule has 4 nitrogen and oxygen atoms in total. The number of nitrogens with zero attached hydrogens (tertiary/aromatic N) is 1. The molecule has 2 fully saturated rings. The summed E-state index contributed by atoms with van der Waals surface area (Å²) >= 11 is 0. The third kappa shape index (κ3) is 0.758. The number of amides is 1. The van der Waals surface area contributed by atoms with Crippen LogP contribution in [0.25, 0.3) is 0 Å². The predicted molar refractivity (Wildman–Crippen MR) is 39.2 cm³/mol. The van der Waals surface area contributed by atoms with Crippen LogP contribution in [0.1, 0.15) is 12.8 Å². The molecule has 1 aliphatic heterocycles. The number of nitrogens with two attached hydrogens (primary N) is 1. The minimum absolute atomic E-state index is 0.179. The van der Waals surface area contributed by atoms with Crippen molar-refractivity contribution in [3.8, 4) is 0 Å². The first-order valence-corrected chi connectivity index (χ1v) is 3.87. The van der Waals surface area contributed by atoms with E-state index >= 15 is 0 Å². The van der Waals surface area contributed by atoms with Crippen LogP contribution < -0.4 is 5.73 Å². The Bertz CT molecular complexity index is 199. The smallest absolute Gasteiger partial charge is 0.407 e. The van der Waals surface area contributed by atoms with Crippen molar-refractivity contribution in [1.82, 2.24) is 4.90 Å². The lowest BCUT2D eigenvalue weighted by atomic mass is 9.60. The second kappa shape index (κ2) is 1.88. The zero-order chi connectivity index (χ0) is 8.06. The zero-order valence-electron chi connectivity index (χ0n) is 6.29. The van der Waals surface area contributed by atoms with Crippen LogP contribution in [0.15, 0.2) is 0 Å². The predicted octanol–water partition coefficient (Wildman–Crippen LogP) is 0.0875. The van der Waals surface area contributed by atoms with Gasteiger partial charge in [0.15, 0.2) is 0 Å². The summed E-state index contributed by atoms with van der Waals surface area (Å²) in [6.07, 6.45) is 1.36. The van der Waals surface area contributed by atoms with Crippen molar-refractivity contribution in [2.75, 3.05) is 13.1 Å². The van der Waals surface area contributed by atoms with Gasteiger partial charge in [-0.1, -0.05) is 0 Å². The Balaban J connectivity index is 1.92. The van der Waals surface area contributed by atoms with Crippen molar-refractivity contribution in [3.05, 3.63) is 0 Å². The van der Waals surface area contributed by atoms with E-state index in [-0.39, 0.29) is 11.5 Å². The third-order valence-electron chi connectivity index (χ3n) is 3.02. The van der Waals surface area contributed by atoms with Crippen molar-refractivity contribution in [3.63, 3.8) is 0 Å². The highest BCUT2D eigenvalue weighted by atomic mass is 16.4. The summed E-state index contributed by atoms with van der Waals surface area (Å²) in [7, 11) is 0. The second-order valence-corrected chi connectivity index (χ2v) is 3.65. The van der Waals surface area contributed by atoms with Crippen LogP contribution in [-0.4, -0.2) is 35.2 Å². The van der Waals surface area contributed by atoms with Gasteiger partial charge < -0.3 is 15.7 Å². The van der Waals surface area contributed by atoms with Crippen LogP contribution >= 0.6 is 0 Å². The molecule has 0 radical (unpaired) electrons. The fourth-order valence-electron chi connectivity index (χ4n) is 1.96. The van der Waals surface area contributed by atoms with Gasteiger partial charge in [0.1, 0.15) is 0 Å². The summed E-state index contributed by atoms with van der Waals surface area (Å²) in [5.74, 6) is 0. The van der Waals surface area contributed by atoms with Crippen LogP contribution in [0.3, 0.4) is 0 Å². The summed E-state index contributed by atoms with van der Waals surface area (Å²) in [5.41, 5.74) is 5.94. The second-order valence-electron chi connectivity index (χ2n) is 3.65. The molecule has 3 N–H and O–H groups in total. The molecule has 0 bridgehead atoms. The highest BCUT2D eigenvalue weighted by molar-refractivity contribution is 5.66. The van der Waals surface area contributed by atoms with Gasteiger partial charge in [-0.2, -0.15) is 0 Å². The van der Waals surface area contributed by atoms with Crippen LogP contribution in [0, 0.1) is 5.41 Å². The number of likely N-dealkylation sites (tertiary alicyclic amines) is 1. The Morgan fingerprint density at radius 1 is 1.64 bits per heavy atom. The van der Waals surface area contributed by atoms with E-state index in [9.17, 15) is 4.79 Å². The van der Waals surface area contributed by atoms with Crippen molar-refractivity contribution < 1.29 is 9.90 Å². The van der Waals surface area contributed by atoms with Crippen LogP contribution in [0.5, 0.6) is 0 Å². The lowest BCUT2D eigenvalue weighted by molar-refractivity contribution is -0.0627. The molecule has 4 heteroatoms. The molecule has 2 rings (SSSR count). The van der Waals surface area contributed by atoms with E-state index in [0.29, 0.717) is 13.1 Å². The molecule has 1 spiro atoms. The quantitative estimate of drug-likeness (QED) is 0.522. The first-order valence-electron chi connectivity index (χ1n) is 3.87. The van der Waals surface area contributed by atoms with Gasteiger partial charge in [-0.05, 0) is 12.8 Å². The van der Waals surface area contributed by atoms with E-state index in [1.54, 1.807) is 0 Å². The monoisotopic (exact) mass is 156 g/mol. The molecule has 2 aliphatic rings. The summed E-state index contributed by atoms with van der Waals surface area (Å²) in [6.45, 7) is 1.31. The van der Waals surface area contributed by atoms with E-state index < -0.39 is 6.09 Å². The lowest BCUT2D eigenvalue weighted by Gasteiger charge is -2.58. The molecular weight excluding hydrogens is 144 g/mol. The van der Waals surface area contributed by atoms with Crippen LogP contribution in [0.4, 0.5) is 4.79 Å². The first-order chi connectivity index (χ1) is 5.14. The lowest BCUT2D eigenvalue weighted by Crippen LogP contribution is -2.70. The van der Waals surface area contributed by atoms with Gasteiger partial charge in [0.05, 0.1) is 0 Å². The van der Waals surface area contributed by atoms with Crippen molar-refractivity contribution in [2.45, 2.75) is 18.9 Å². The number of hydrogen-bond donors (Lipinski definition) is 2. The Morgan fingerprint density at radius 3 is 2.55 bits per heavy atom. The summed E-state index contributed by atoms with van der Waals surface area (Å²) < 4.78 is 0. The average molecular weight is 156 g/mol. The molecule has 1 unspecified atom stereocenters. The van der Waals surface area contributed by atoms with Gasteiger partial charge in [-0.25, -0.2) is 4.79 Å². The molecule has 0 aromatic heterocycles. The average Bonchev–Trinajstić information content (AvgIpc) is 1.81. The van der Waals surface area contributed by atoms with E-state index in [4.69, 9.17) is 10.8 Å². The fraction of sp³-hybridized carbons (Fsp3) is 0.857. The number of hydrogen-bond acceptors (Lipinski definition) is 2. The third-order valence-corrected chi connectivity index (χ3v) is 3.02. The maximum Gasteiger partial charge on any atom is 0.407 e. The molecule has 1 heterocycles. The van der Waals surface area contributed by atoms with Gasteiger partial charge in [-0.3, -0.25) is 0 Å². The number of carboxylic acid groups (broad SMARTS) is 1. The molecule has 0 aromatic rings. The topological polar surface area (TPSA) is 66.6 Å². The Morgan fingerprint density at radius 2 is 2.27 bits per heavy atom. The minimum atomic E-state index is -0.810. The number of carbonyl (C=O) groups is 1. The summed E-state index contributed by atoms with van der Waals surface area (Å²) in [4.78, 5) is 11.8. The molecule has 1 atom stereocenters. The molecule has 1 saturated carbocycles. The van der Waals surface area contributed by atoms with Gasteiger partial charge in [0, 0.05) is 24.5 Å². The van der Waals surface area contributed by atoms with Crippen molar-refractivity contribution in [1.29, 1.82) is 0 Å². The Labute approximate surface area is 65.0 Å². The maximum atomic E-state index is 10.4. The molecule has 11 heavy (non-hydrogen) atoms. The molecule has 1 saturated heterocycles. The summed E-state index contributed by atoms with van der Waals surface area (Å²) in [5, 5.41) is 8.56. The molecule has 1 amide bonds. The highest BCUT2D eigenvalue weighted by Gasteiger charge is 2.54. The van der Waals surface area contributed by atoms with E-state index in [1.165, 1.54) is 4.90 Å². The SMILES string of the molecule is NC1CCC12CN(C(=O)O)C2. The maximum absolute atomic E-state index is 10.4. The van der Waals surface area contributed by atoms with E-state index in [0.717, 1.165) is 12.8 Å². The Hall–Kier alpha value is -0.770. The molecule has 0 aromatic carbocycles. The molecule has 62 valence electrons. The van der Waals surface area contributed by atoms with E-state index in [1.807, 2.05) is 0 Å². The Kier molecular flexibility index (Phi) is 1.18. The standard InChI is InChI=1S/C7H12N2O2/c8-5-1-2-7(5)3-9(4-7)6(10)11/h5H,1-4,8H2,(H,10,11). The normalized spacial score (nSPS) is 32.8. The first kappa shape index (κ1) is 6.91. The van der Waals surface area contributed by atoms with Gasteiger partial charge in [0.25, 0.3) is 0 Å². The number of rotatable bonds is 0. The zero-order valence-corrected chi connectivity index (χ0v) is 6.29. The van der Waals surface area contributed by atoms with E-state index in [2.05, 4.69) is 0 Å². The largest absolute Gasteiger partial charge is 0.465 e. The molecular formula is C7H12N2O2.